The van der Waals surface area contributed by atoms with E-state index in [1.807, 2.05) is 37.3 Å². The van der Waals surface area contributed by atoms with Crippen molar-refractivity contribution < 1.29 is 14.3 Å². The fourth-order valence-corrected chi connectivity index (χ4v) is 3.15. The number of ether oxygens (including phenoxy) is 2. The molecule has 0 aliphatic heterocycles. The highest BCUT2D eigenvalue weighted by Gasteiger charge is 2.10. The smallest absolute Gasteiger partial charge is 0.319 e. The van der Waals surface area contributed by atoms with Gasteiger partial charge in [0.05, 0.1) is 18.8 Å². The SMILES string of the molecule is CCOc1ccccc1NC(=O)NCCOc1ccc2c(c1)CCCC2. The van der Waals surface area contributed by atoms with E-state index in [0.29, 0.717) is 31.2 Å². The van der Waals surface area contributed by atoms with Gasteiger partial charge in [0.2, 0.25) is 0 Å². The molecule has 2 aromatic rings. The molecule has 0 atom stereocenters. The van der Waals surface area contributed by atoms with E-state index in [4.69, 9.17) is 9.47 Å². The molecule has 0 saturated heterocycles. The van der Waals surface area contributed by atoms with Crippen molar-refractivity contribution in [3.8, 4) is 11.5 Å². The average Bonchev–Trinajstić information content (AvgIpc) is 2.67. The average molecular weight is 354 g/mol. The first-order valence-electron chi connectivity index (χ1n) is 9.27. The monoisotopic (exact) mass is 354 g/mol. The highest BCUT2D eigenvalue weighted by Crippen LogP contribution is 2.25. The van der Waals surface area contributed by atoms with Gasteiger partial charge in [0.25, 0.3) is 0 Å². The first-order valence-corrected chi connectivity index (χ1v) is 9.27. The molecule has 26 heavy (non-hydrogen) atoms. The number of para-hydroxylation sites is 2. The maximum atomic E-state index is 12.0. The summed E-state index contributed by atoms with van der Waals surface area (Å²) < 4.78 is 11.3. The molecule has 2 N–H and O–H groups in total. The molecule has 0 unspecified atom stereocenters. The summed E-state index contributed by atoms with van der Waals surface area (Å²) in [6.07, 6.45) is 4.83. The van der Waals surface area contributed by atoms with Gasteiger partial charge >= 0.3 is 6.03 Å². The largest absolute Gasteiger partial charge is 0.492 e. The van der Waals surface area contributed by atoms with Crippen molar-refractivity contribution in [1.29, 1.82) is 0 Å². The molecule has 0 bridgehead atoms. The summed E-state index contributed by atoms with van der Waals surface area (Å²) in [7, 11) is 0. The fraction of sp³-hybridized carbons (Fsp3) is 0.381. The normalized spacial score (nSPS) is 12.8. The first-order chi connectivity index (χ1) is 12.8. The molecular weight excluding hydrogens is 328 g/mol. The Balaban J connectivity index is 1.43. The Morgan fingerprint density at radius 2 is 1.85 bits per heavy atom. The molecular formula is C21H26N2O3. The van der Waals surface area contributed by atoms with Gasteiger partial charge in [-0.25, -0.2) is 4.79 Å². The van der Waals surface area contributed by atoms with Crippen LogP contribution >= 0.6 is 0 Å². The summed E-state index contributed by atoms with van der Waals surface area (Å²) in [6, 6.07) is 13.4. The quantitative estimate of drug-likeness (QED) is 0.734. The van der Waals surface area contributed by atoms with E-state index in [0.717, 1.165) is 12.2 Å². The number of rotatable bonds is 7. The number of hydrogen-bond acceptors (Lipinski definition) is 3. The Morgan fingerprint density at radius 1 is 1.04 bits per heavy atom. The van der Waals surface area contributed by atoms with E-state index in [1.54, 1.807) is 0 Å². The number of carbonyl (C=O) groups excluding carboxylic acids is 1. The van der Waals surface area contributed by atoms with Crippen molar-refractivity contribution in [2.45, 2.75) is 32.6 Å². The van der Waals surface area contributed by atoms with Crippen molar-refractivity contribution in [2.75, 3.05) is 25.1 Å². The molecule has 1 aliphatic carbocycles. The van der Waals surface area contributed by atoms with Crippen LogP contribution in [0.4, 0.5) is 10.5 Å². The van der Waals surface area contributed by atoms with Crippen LogP contribution in [0.2, 0.25) is 0 Å². The van der Waals surface area contributed by atoms with Crippen LogP contribution in [0.15, 0.2) is 42.5 Å². The summed E-state index contributed by atoms with van der Waals surface area (Å²) in [5, 5.41) is 5.61. The Hall–Kier alpha value is -2.69. The van der Waals surface area contributed by atoms with E-state index in [-0.39, 0.29) is 6.03 Å². The second kappa shape index (κ2) is 9.13. The number of aryl methyl sites for hydroxylation is 2. The minimum atomic E-state index is -0.272. The Kier molecular flexibility index (Phi) is 6.36. The van der Waals surface area contributed by atoms with Crippen LogP contribution in [-0.4, -0.2) is 25.8 Å². The van der Waals surface area contributed by atoms with E-state index >= 15 is 0 Å². The molecule has 1 aliphatic rings. The number of amides is 2. The molecule has 3 rings (SSSR count). The van der Waals surface area contributed by atoms with Gasteiger partial charge in [-0.05, 0) is 68.0 Å². The molecule has 2 amide bonds. The standard InChI is InChI=1S/C21H26N2O3/c1-2-25-20-10-6-5-9-19(20)23-21(24)22-13-14-26-18-12-11-16-7-3-4-8-17(16)15-18/h5-6,9-12,15H,2-4,7-8,13-14H2,1H3,(H2,22,23,24). The van der Waals surface area contributed by atoms with Gasteiger partial charge in [-0.1, -0.05) is 18.2 Å². The van der Waals surface area contributed by atoms with Gasteiger partial charge in [-0.15, -0.1) is 0 Å². The summed E-state index contributed by atoms with van der Waals surface area (Å²) in [6.45, 7) is 3.32. The topological polar surface area (TPSA) is 59.6 Å². The van der Waals surface area contributed by atoms with Gasteiger partial charge in [0, 0.05) is 0 Å². The number of anilines is 1. The number of hydrogen-bond donors (Lipinski definition) is 2. The molecule has 0 heterocycles. The highest BCUT2D eigenvalue weighted by atomic mass is 16.5. The van der Waals surface area contributed by atoms with Crippen LogP contribution in [0.1, 0.15) is 30.9 Å². The fourth-order valence-electron chi connectivity index (χ4n) is 3.15. The lowest BCUT2D eigenvalue weighted by molar-refractivity contribution is 0.247. The van der Waals surface area contributed by atoms with E-state index in [9.17, 15) is 4.79 Å². The predicted octanol–water partition coefficient (Wildman–Crippen LogP) is 4.16. The second-order valence-corrected chi connectivity index (χ2v) is 6.30. The minimum Gasteiger partial charge on any atom is -0.492 e. The van der Waals surface area contributed by atoms with Gasteiger partial charge < -0.3 is 20.1 Å². The van der Waals surface area contributed by atoms with Crippen molar-refractivity contribution in [1.82, 2.24) is 5.32 Å². The molecule has 0 fully saturated rings. The molecule has 5 heteroatoms. The van der Waals surface area contributed by atoms with E-state index < -0.39 is 0 Å². The second-order valence-electron chi connectivity index (χ2n) is 6.30. The lowest BCUT2D eigenvalue weighted by atomic mass is 9.92. The zero-order valence-corrected chi connectivity index (χ0v) is 15.2. The molecule has 0 radical (unpaired) electrons. The maximum Gasteiger partial charge on any atom is 0.319 e. The summed E-state index contributed by atoms with van der Waals surface area (Å²) in [5.41, 5.74) is 3.49. The van der Waals surface area contributed by atoms with Crippen LogP contribution in [0.25, 0.3) is 0 Å². The summed E-state index contributed by atoms with van der Waals surface area (Å²) in [5.74, 6) is 1.53. The third-order valence-corrected chi connectivity index (χ3v) is 4.41. The van der Waals surface area contributed by atoms with Crippen molar-refractivity contribution in [3.63, 3.8) is 0 Å². The number of fused-ring (bicyclic) bond motifs is 1. The number of benzene rings is 2. The zero-order chi connectivity index (χ0) is 18.2. The number of carbonyl (C=O) groups is 1. The van der Waals surface area contributed by atoms with Crippen LogP contribution in [0.3, 0.4) is 0 Å². The predicted molar refractivity (Wildman–Crippen MR) is 103 cm³/mol. The Bertz CT molecular complexity index is 746. The van der Waals surface area contributed by atoms with Gasteiger partial charge in [0.15, 0.2) is 0 Å². The summed E-state index contributed by atoms with van der Waals surface area (Å²) >= 11 is 0. The molecule has 0 aromatic heterocycles. The van der Waals surface area contributed by atoms with Gasteiger partial charge in [-0.2, -0.15) is 0 Å². The molecule has 2 aromatic carbocycles. The maximum absolute atomic E-state index is 12.0. The van der Waals surface area contributed by atoms with Crippen LogP contribution in [0, 0.1) is 0 Å². The Labute approximate surface area is 154 Å². The van der Waals surface area contributed by atoms with Gasteiger partial charge in [0.1, 0.15) is 18.1 Å². The number of urea groups is 1. The van der Waals surface area contributed by atoms with E-state index in [1.165, 1.54) is 30.4 Å². The molecule has 0 spiro atoms. The van der Waals surface area contributed by atoms with Crippen LogP contribution < -0.4 is 20.1 Å². The number of nitrogens with one attached hydrogen (secondary N) is 2. The minimum absolute atomic E-state index is 0.272. The van der Waals surface area contributed by atoms with Crippen molar-refractivity contribution in [2.24, 2.45) is 0 Å². The first kappa shape index (κ1) is 18.1. The highest BCUT2D eigenvalue weighted by molar-refractivity contribution is 5.90. The van der Waals surface area contributed by atoms with Crippen molar-refractivity contribution >= 4 is 11.7 Å². The van der Waals surface area contributed by atoms with Gasteiger partial charge in [-0.3, -0.25) is 0 Å². The third kappa shape index (κ3) is 4.91. The molecule has 138 valence electrons. The van der Waals surface area contributed by atoms with E-state index in [2.05, 4.69) is 22.8 Å². The molecule has 5 nitrogen and oxygen atoms in total. The van der Waals surface area contributed by atoms with Crippen molar-refractivity contribution in [3.05, 3.63) is 53.6 Å². The van der Waals surface area contributed by atoms with Crippen LogP contribution in [-0.2, 0) is 12.8 Å². The van der Waals surface area contributed by atoms with Crippen LogP contribution in [0.5, 0.6) is 11.5 Å². The lowest BCUT2D eigenvalue weighted by Crippen LogP contribution is -2.32. The summed E-state index contributed by atoms with van der Waals surface area (Å²) in [4.78, 5) is 12.0. The zero-order valence-electron chi connectivity index (χ0n) is 15.2. The Morgan fingerprint density at radius 3 is 2.69 bits per heavy atom. The lowest BCUT2D eigenvalue weighted by Gasteiger charge is -2.17. The third-order valence-electron chi connectivity index (χ3n) is 4.41. The molecule has 0 saturated carbocycles.